The summed E-state index contributed by atoms with van der Waals surface area (Å²) in [5, 5.41) is 3.45. The summed E-state index contributed by atoms with van der Waals surface area (Å²) < 4.78 is 6.24. The maximum Gasteiger partial charge on any atom is 0.143 e. The standard InChI is InChI=1S/C22H29N3O/c1-3-7-19(8-4-1)18-26-22-10-9-20(24-13-5-2-6-14-24)17-21(22)25-15-11-23-12-16-25/h1,3-4,7-10,17,23H,2,5-6,11-16,18H2. The largest absolute Gasteiger partial charge is 0.487 e. The molecule has 26 heavy (non-hydrogen) atoms. The maximum absolute atomic E-state index is 6.24. The lowest BCUT2D eigenvalue weighted by Crippen LogP contribution is -2.43. The maximum atomic E-state index is 6.24. The van der Waals surface area contributed by atoms with Crippen LogP contribution in [0.15, 0.2) is 48.5 Å². The van der Waals surface area contributed by atoms with Crippen molar-refractivity contribution in [3.05, 3.63) is 54.1 Å². The monoisotopic (exact) mass is 351 g/mol. The van der Waals surface area contributed by atoms with Gasteiger partial charge in [-0.05, 0) is 43.0 Å². The topological polar surface area (TPSA) is 27.7 Å². The van der Waals surface area contributed by atoms with Crippen molar-refractivity contribution in [3.63, 3.8) is 0 Å². The fourth-order valence-electron chi connectivity index (χ4n) is 3.86. The highest BCUT2D eigenvalue weighted by Crippen LogP contribution is 2.34. The predicted molar refractivity (Wildman–Crippen MR) is 108 cm³/mol. The van der Waals surface area contributed by atoms with Gasteiger partial charge in [-0.3, -0.25) is 0 Å². The average molecular weight is 351 g/mol. The first-order chi connectivity index (χ1) is 12.9. The smallest absolute Gasteiger partial charge is 0.143 e. The fraction of sp³-hybridized carbons (Fsp3) is 0.455. The molecule has 2 heterocycles. The molecule has 4 rings (SSSR count). The van der Waals surface area contributed by atoms with E-state index < -0.39 is 0 Å². The van der Waals surface area contributed by atoms with Gasteiger partial charge >= 0.3 is 0 Å². The van der Waals surface area contributed by atoms with Crippen LogP contribution in [0.5, 0.6) is 5.75 Å². The zero-order valence-corrected chi connectivity index (χ0v) is 15.5. The van der Waals surface area contributed by atoms with E-state index in [4.69, 9.17) is 4.74 Å². The minimum absolute atomic E-state index is 0.614. The third-order valence-electron chi connectivity index (χ3n) is 5.36. The number of hydrogen-bond donors (Lipinski definition) is 1. The Morgan fingerprint density at radius 2 is 1.58 bits per heavy atom. The van der Waals surface area contributed by atoms with Gasteiger partial charge in [0.15, 0.2) is 0 Å². The van der Waals surface area contributed by atoms with E-state index in [0.717, 1.165) is 31.9 Å². The van der Waals surface area contributed by atoms with Crippen LogP contribution in [0.25, 0.3) is 0 Å². The fourth-order valence-corrected chi connectivity index (χ4v) is 3.86. The molecule has 2 saturated heterocycles. The highest BCUT2D eigenvalue weighted by molar-refractivity contribution is 5.67. The van der Waals surface area contributed by atoms with Gasteiger partial charge in [-0.1, -0.05) is 30.3 Å². The van der Waals surface area contributed by atoms with E-state index in [-0.39, 0.29) is 0 Å². The minimum Gasteiger partial charge on any atom is -0.487 e. The molecule has 4 nitrogen and oxygen atoms in total. The highest BCUT2D eigenvalue weighted by atomic mass is 16.5. The van der Waals surface area contributed by atoms with Crippen molar-refractivity contribution in [3.8, 4) is 5.75 Å². The minimum atomic E-state index is 0.614. The molecule has 2 aliphatic rings. The van der Waals surface area contributed by atoms with Crippen LogP contribution in [0.1, 0.15) is 24.8 Å². The molecule has 0 aromatic heterocycles. The number of anilines is 2. The summed E-state index contributed by atoms with van der Waals surface area (Å²) in [6.45, 7) is 7.09. The number of piperidine rings is 1. The molecule has 4 heteroatoms. The van der Waals surface area contributed by atoms with Crippen LogP contribution in [0.2, 0.25) is 0 Å². The Labute approximate surface area is 156 Å². The number of nitrogens with one attached hydrogen (secondary N) is 1. The zero-order valence-electron chi connectivity index (χ0n) is 15.5. The molecule has 0 spiro atoms. The van der Waals surface area contributed by atoms with Crippen molar-refractivity contribution in [2.45, 2.75) is 25.9 Å². The number of hydrogen-bond acceptors (Lipinski definition) is 4. The van der Waals surface area contributed by atoms with Crippen molar-refractivity contribution >= 4 is 11.4 Å². The summed E-state index contributed by atoms with van der Waals surface area (Å²) in [4.78, 5) is 4.99. The van der Waals surface area contributed by atoms with Crippen LogP contribution in [-0.4, -0.2) is 39.3 Å². The van der Waals surface area contributed by atoms with E-state index in [1.54, 1.807) is 0 Å². The van der Waals surface area contributed by atoms with Crippen molar-refractivity contribution in [2.75, 3.05) is 49.1 Å². The second-order valence-electron chi connectivity index (χ2n) is 7.21. The summed E-state index contributed by atoms with van der Waals surface area (Å²) in [6, 6.07) is 17.2. The summed E-state index contributed by atoms with van der Waals surface area (Å²) in [5.74, 6) is 0.997. The third kappa shape index (κ3) is 4.13. The lowest BCUT2D eigenvalue weighted by Gasteiger charge is -2.33. The van der Waals surface area contributed by atoms with Crippen LogP contribution >= 0.6 is 0 Å². The van der Waals surface area contributed by atoms with Gasteiger partial charge in [0.25, 0.3) is 0 Å². The Bertz CT molecular complexity index is 692. The zero-order chi connectivity index (χ0) is 17.6. The van der Waals surface area contributed by atoms with Crippen molar-refractivity contribution in [1.82, 2.24) is 5.32 Å². The third-order valence-corrected chi connectivity index (χ3v) is 5.36. The second kappa shape index (κ2) is 8.45. The van der Waals surface area contributed by atoms with Crippen molar-refractivity contribution in [2.24, 2.45) is 0 Å². The number of piperazine rings is 1. The Hall–Kier alpha value is -2.20. The first-order valence-corrected chi connectivity index (χ1v) is 9.91. The first-order valence-electron chi connectivity index (χ1n) is 9.91. The normalized spacial score (nSPS) is 18.0. The quantitative estimate of drug-likeness (QED) is 0.890. The van der Waals surface area contributed by atoms with Crippen LogP contribution in [0.4, 0.5) is 11.4 Å². The van der Waals surface area contributed by atoms with Crippen LogP contribution in [-0.2, 0) is 6.61 Å². The first kappa shape index (κ1) is 17.2. The van der Waals surface area contributed by atoms with Gasteiger partial charge in [0.05, 0.1) is 5.69 Å². The van der Waals surface area contributed by atoms with E-state index in [1.165, 1.54) is 49.3 Å². The molecule has 2 fully saturated rings. The van der Waals surface area contributed by atoms with Crippen molar-refractivity contribution in [1.29, 1.82) is 0 Å². The molecule has 0 saturated carbocycles. The molecule has 1 N–H and O–H groups in total. The molecule has 0 bridgehead atoms. The Morgan fingerprint density at radius 1 is 0.808 bits per heavy atom. The van der Waals surface area contributed by atoms with Gasteiger partial charge in [0, 0.05) is 45.0 Å². The van der Waals surface area contributed by atoms with Crippen LogP contribution in [0.3, 0.4) is 0 Å². The molecule has 0 radical (unpaired) electrons. The molecule has 0 unspecified atom stereocenters. The van der Waals surface area contributed by atoms with E-state index in [2.05, 4.69) is 57.6 Å². The molecule has 0 aliphatic carbocycles. The van der Waals surface area contributed by atoms with E-state index in [9.17, 15) is 0 Å². The molecule has 2 aromatic rings. The van der Waals surface area contributed by atoms with Crippen LogP contribution in [0, 0.1) is 0 Å². The molecule has 0 amide bonds. The van der Waals surface area contributed by atoms with Gasteiger partial charge in [-0.2, -0.15) is 0 Å². The van der Waals surface area contributed by atoms with Crippen molar-refractivity contribution < 1.29 is 4.74 Å². The Balaban J connectivity index is 1.56. The van der Waals surface area contributed by atoms with Gasteiger partial charge in [-0.15, -0.1) is 0 Å². The summed E-state index contributed by atoms with van der Waals surface area (Å²) >= 11 is 0. The van der Waals surface area contributed by atoms with Gasteiger partial charge < -0.3 is 19.9 Å². The van der Waals surface area contributed by atoms with Crippen LogP contribution < -0.4 is 19.9 Å². The van der Waals surface area contributed by atoms with E-state index in [1.807, 2.05) is 6.07 Å². The predicted octanol–water partition coefficient (Wildman–Crippen LogP) is 3.67. The number of ether oxygens (including phenoxy) is 1. The summed E-state index contributed by atoms with van der Waals surface area (Å²) in [7, 11) is 0. The Kier molecular flexibility index (Phi) is 5.60. The molecule has 2 aromatic carbocycles. The van der Waals surface area contributed by atoms with Gasteiger partial charge in [0.1, 0.15) is 12.4 Å². The number of benzene rings is 2. The number of nitrogens with zero attached hydrogens (tertiary/aromatic N) is 2. The van der Waals surface area contributed by atoms with E-state index >= 15 is 0 Å². The average Bonchev–Trinajstić information content (AvgIpc) is 2.74. The lowest BCUT2D eigenvalue weighted by atomic mass is 10.1. The van der Waals surface area contributed by atoms with Gasteiger partial charge in [0.2, 0.25) is 0 Å². The number of rotatable bonds is 5. The molecular formula is C22H29N3O. The molecular weight excluding hydrogens is 322 g/mol. The van der Waals surface area contributed by atoms with Gasteiger partial charge in [-0.25, -0.2) is 0 Å². The lowest BCUT2D eigenvalue weighted by molar-refractivity contribution is 0.306. The molecule has 2 aliphatic heterocycles. The second-order valence-corrected chi connectivity index (χ2v) is 7.21. The SMILES string of the molecule is c1ccc(COc2ccc(N3CCCCC3)cc2N2CCNCC2)cc1. The summed E-state index contributed by atoms with van der Waals surface area (Å²) in [5.41, 5.74) is 3.79. The Morgan fingerprint density at radius 3 is 2.35 bits per heavy atom. The van der Waals surface area contributed by atoms with E-state index in [0.29, 0.717) is 6.61 Å². The molecule has 0 atom stereocenters. The summed E-state index contributed by atoms with van der Waals surface area (Å²) in [6.07, 6.45) is 3.96. The molecule has 138 valence electrons. The highest BCUT2D eigenvalue weighted by Gasteiger charge is 2.18.